The van der Waals surface area contributed by atoms with Crippen LogP contribution in [0.15, 0.2) is 30.3 Å². The van der Waals surface area contributed by atoms with E-state index >= 15 is 0 Å². The average molecular weight is 212 g/mol. The van der Waals surface area contributed by atoms with Crippen molar-refractivity contribution in [1.82, 2.24) is 0 Å². The Hall–Kier alpha value is -1.38. The van der Waals surface area contributed by atoms with Gasteiger partial charge in [0, 0.05) is 6.92 Å². The molecule has 0 heterocycles. The second kappa shape index (κ2) is 7.97. The number of carboxylic acid groups (broad SMARTS) is 1. The molecule has 2 nitrogen and oxygen atoms in total. The van der Waals surface area contributed by atoms with Crippen LogP contribution in [0, 0.1) is 0 Å². The predicted molar refractivity (Wildman–Crippen MR) is 58.5 cm³/mol. The van der Waals surface area contributed by atoms with Crippen molar-refractivity contribution in [3.8, 4) is 0 Å². The predicted octanol–water partition coefficient (Wildman–Crippen LogP) is 3.59. The lowest BCUT2D eigenvalue weighted by atomic mass is 10.1. The van der Waals surface area contributed by atoms with Gasteiger partial charge in [0.25, 0.3) is 5.97 Å². The van der Waals surface area contributed by atoms with Gasteiger partial charge in [0.15, 0.2) is 0 Å². The van der Waals surface area contributed by atoms with Crippen molar-refractivity contribution in [2.75, 3.05) is 0 Å². The molecule has 84 valence electrons. The van der Waals surface area contributed by atoms with Crippen molar-refractivity contribution >= 4 is 5.97 Å². The molecular formula is C12H17FO2. The number of aliphatic carboxylic acids is 1. The van der Waals surface area contributed by atoms with Gasteiger partial charge in [-0.3, -0.25) is 4.79 Å². The topological polar surface area (TPSA) is 37.3 Å². The van der Waals surface area contributed by atoms with E-state index in [4.69, 9.17) is 9.90 Å². The average Bonchev–Trinajstić information content (AvgIpc) is 2.19. The molecule has 15 heavy (non-hydrogen) atoms. The van der Waals surface area contributed by atoms with Crippen LogP contribution < -0.4 is 0 Å². The Morgan fingerprint density at radius 2 is 1.87 bits per heavy atom. The molecule has 0 aromatic heterocycles. The summed E-state index contributed by atoms with van der Waals surface area (Å²) in [6.07, 6.45) is 0.751. The number of carboxylic acids is 1. The molecule has 0 amide bonds. The standard InChI is InChI=1S/C10H13F.C2H4O2/c1-2-6-10(11)9-7-4-3-5-8-9;1-2(3)4/h3-5,7-8,10H,2,6H2,1H3;1H3,(H,3,4). The van der Waals surface area contributed by atoms with Gasteiger partial charge in [-0.2, -0.15) is 0 Å². The van der Waals surface area contributed by atoms with Crippen molar-refractivity contribution < 1.29 is 14.3 Å². The van der Waals surface area contributed by atoms with Gasteiger partial charge in [0.2, 0.25) is 0 Å². The third kappa shape index (κ3) is 7.67. The lowest BCUT2D eigenvalue weighted by molar-refractivity contribution is -0.134. The summed E-state index contributed by atoms with van der Waals surface area (Å²) in [6.45, 7) is 3.08. The number of rotatable bonds is 3. The summed E-state index contributed by atoms with van der Waals surface area (Å²) in [5.41, 5.74) is 0.800. The van der Waals surface area contributed by atoms with Gasteiger partial charge in [-0.15, -0.1) is 0 Å². The van der Waals surface area contributed by atoms with Crippen LogP contribution in [0.5, 0.6) is 0 Å². The Bertz CT molecular complexity index is 268. The molecule has 0 aliphatic rings. The van der Waals surface area contributed by atoms with Crippen LogP contribution in [0.3, 0.4) is 0 Å². The van der Waals surface area contributed by atoms with Crippen LogP contribution >= 0.6 is 0 Å². The Morgan fingerprint density at radius 3 is 2.27 bits per heavy atom. The third-order valence-corrected chi connectivity index (χ3v) is 1.70. The van der Waals surface area contributed by atoms with Gasteiger partial charge >= 0.3 is 0 Å². The summed E-state index contributed by atoms with van der Waals surface area (Å²) in [7, 11) is 0. The Labute approximate surface area is 89.7 Å². The number of alkyl halides is 1. The molecule has 0 saturated carbocycles. The third-order valence-electron chi connectivity index (χ3n) is 1.70. The van der Waals surface area contributed by atoms with E-state index in [1.54, 1.807) is 0 Å². The molecule has 1 atom stereocenters. The quantitative estimate of drug-likeness (QED) is 0.831. The van der Waals surface area contributed by atoms with Crippen molar-refractivity contribution in [2.45, 2.75) is 32.9 Å². The highest BCUT2D eigenvalue weighted by atomic mass is 19.1. The second-order valence-electron chi connectivity index (χ2n) is 3.19. The maximum Gasteiger partial charge on any atom is 0.300 e. The van der Waals surface area contributed by atoms with Crippen molar-refractivity contribution in [1.29, 1.82) is 0 Å². The van der Waals surface area contributed by atoms with Crippen LogP contribution in [0.25, 0.3) is 0 Å². The summed E-state index contributed by atoms with van der Waals surface area (Å²) >= 11 is 0. The number of hydrogen-bond acceptors (Lipinski definition) is 1. The minimum absolute atomic E-state index is 0.629. The smallest absolute Gasteiger partial charge is 0.300 e. The number of halogens is 1. The molecule has 1 unspecified atom stereocenters. The molecule has 0 bridgehead atoms. The minimum atomic E-state index is -0.833. The van der Waals surface area contributed by atoms with E-state index < -0.39 is 12.1 Å². The van der Waals surface area contributed by atoms with Gasteiger partial charge in [-0.25, -0.2) is 4.39 Å². The molecule has 1 aromatic carbocycles. The largest absolute Gasteiger partial charge is 0.481 e. The molecule has 0 spiro atoms. The van der Waals surface area contributed by atoms with E-state index in [9.17, 15) is 4.39 Å². The summed E-state index contributed by atoms with van der Waals surface area (Å²) < 4.78 is 13.1. The Morgan fingerprint density at radius 1 is 1.40 bits per heavy atom. The fourth-order valence-corrected chi connectivity index (χ4v) is 1.08. The van der Waals surface area contributed by atoms with Crippen molar-refractivity contribution in [3.63, 3.8) is 0 Å². The zero-order chi connectivity index (χ0) is 11.7. The van der Waals surface area contributed by atoms with Crippen LogP contribution in [0.2, 0.25) is 0 Å². The molecule has 0 radical (unpaired) electrons. The number of carbonyl (C=O) groups is 1. The monoisotopic (exact) mass is 212 g/mol. The van der Waals surface area contributed by atoms with E-state index in [0.29, 0.717) is 6.42 Å². The highest BCUT2D eigenvalue weighted by molar-refractivity contribution is 5.62. The number of benzene rings is 1. The van der Waals surface area contributed by atoms with Crippen LogP contribution in [-0.2, 0) is 4.79 Å². The van der Waals surface area contributed by atoms with Crippen molar-refractivity contribution in [2.24, 2.45) is 0 Å². The van der Waals surface area contributed by atoms with E-state index in [0.717, 1.165) is 18.9 Å². The molecule has 0 saturated heterocycles. The molecule has 0 fully saturated rings. The lowest BCUT2D eigenvalue weighted by Gasteiger charge is -2.05. The molecular weight excluding hydrogens is 195 g/mol. The van der Waals surface area contributed by atoms with Crippen LogP contribution in [-0.4, -0.2) is 11.1 Å². The summed E-state index contributed by atoms with van der Waals surface area (Å²) in [5.74, 6) is -0.833. The molecule has 1 aromatic rings. The SMILES string of the molecule is CC(=O)O.CCCC(F)c1ccccc1. The first-order valence-corrected chi connectivity index (χ1v) is 4.96. The first kappa shape index (κ1) is 13.6. The maximum atomic E-state index is 13.1. The minimum Gasteiger partial charge on any atom is -0.481 e. The summed E-state index contributed by atoms with van der Waals surface area (Å²) in [6, 6.07) is 9.32. The summed E-state index contributed by atoms with van der Waals surface area (Å²) in [5, 5.41) is 7.42. The van der Waals surface area contributed by atoms with E-state index in [-0.39, 0.29) is 0 Å². The molecule has 1 N–H and O–H groups in total. The second-order valence-corrected chi connectivity index (χ2v) is 3.19. The molecule has 0 aliphatic heterocycles. The Balaban J connectivity index is 0.000000423. The Kier molecular flexibility index (Phi) is 7.24. The summed E-state index contributed by atoms with van der Waals surface area (Å²) in [4.78, 5) is 9.00. The first-order valence-electron chi connectivity index (χ1n) is 4.96. The van der Waals surface area contributed by atoms with Gasteiger partial charge in [-0.05, 0) is 12.0 Å². The van der Waals surface area contributed by atoms with Gasteiger partial charge in [0.05, 0.1) is 0 Å². The van der Waals surface area contributed by atoms with Crippen molar-refractivity contribution in [3.05, 3.63) is 35.9 Å². The normalized spacial score (nSPS) is 11.1. The zero-order valence-electron chi connectivity index (χ0n) is 9.11. The van der Waals surface area contributed by atoms with E-state index in [2.05, 4.69) is 0 Å². The van der Waals surface area contributed by atoms with Gasteiger partial charge in [0.1, 0.15) is 6.17 Å². The first-order chi connectivity index (χ1) is 7.07. The zero-order valence-corrected chi connectivity index (χ0v) is 9.11. The highest BCUT2D eigenvalue weighted by Crippen LogP contribution is 2.21. The highest BCUT2D eigenvalue weighted by Gasteiger charge is 2.05. The van der Waals surface area contributed by atoms with E-state index in [1.807, 2.05) is 37.3 Å². The molecule has 1 rings (SSSR count). The fraction of sp³-hybridized carbons (Fsp3) is 0.417. The fourth-order valence-electron chi connectivity index (χ4n) is 1.08. The van der Waals surface area contributed by atoms with Gasteiger partial charge < -0.3 is 5.11 Å². The lowest BCUT2D eigenvalue weighted by Crippen LogP contribution is -1.89. The number of hydrogen-bond donors (Lipinski definition) is 1. The van der Waals surface area contributed by atoms with E-state index in [1.165, 1.54) is 0 Å². The van der Waals surface area contributed by atoms with Crippen LogP contribution in [0.4, 0.5) is 4.39 Å². The molecule has 0 aliphatic carbocycles. The van der Waals surface area contributed by atoms with Crippen LogP contribution in [0.1, 0.15) is 38.4 Å². The molecule has 3 heteroatoms. The maximum absolute atomic E-state index is 13.1. The van der Waals surface area contributed by atoms with Gasteiger partial charge in [-0.1, -0.05) is 43.7 Å².